The molecule has 0 unspecified atom stereocenters. The molecule has 0 saturated carbocycles. The van der Waals surface area contributed by atoms with Crippen LogP contribution in [0, 0.1) is 0 Å². The molecule has 1 aromatic carbocycles. The Kier molecular flexibility index (Phi) is 3.90. The molecule has 3 heteroatoms. The maximum atomic E-state index is 9.86. The summed E-state index contributed by atoms with van der Waals surface area (Å²) in [6.45, 7) is 0. The molecule has 0 radical (unpaired) electrons. The summed E-state index contributed by atoms with van der Waals surface area (Å²) in [7, 11) is 1.42. The van der Waals surface area contributed by atoms with Crippen LogP contribution in [-0.4, -0.2) is 12.2 Å². The van der Waals surface area contributed by atoms with Crippen molar-refractivity contribution in [2.24, 2.45) is 0 Å². The zero-order chi connectivity index (χ0) is 13.0. The van der Waals surface area contributed by atoms with Gasteiger partial charge in [-0.05, 0) is 17.7 Å². The largest absolute Gasteiger partial charge is 0.481 e. The lowest BCUT2D eigenvalue weighted by atomic mass is 10.0. The minimum Gasteiger partial charge on any atom is -0.481 e. The van der Waals surface area contributed by atoms with E-state index in [1.165, 1.54) is 7.11 Å². The summed E-state index contributed by atoms with van der Waals surface area (Å²) in [4.78, 5) is 0. The van der Waals surface area contributed by atoms with E-state index >= 15 is 0 Å². The van der Waals surface area contributed by atoms with Crippen LogP contribution in [0.25, 0.3) is 5.57 Å². The zero-order valence-corrected chi connectivity index (χ0v) is 10.7. The highest BCUT2D eigenvalue weighted by Gasteiger charge is 2.11. The van der Waals surface area contributed by atoms with E-state index in [2.05, 4.69) is 0 Å². The summed E-state index contributed by atoms with van der Waals surface area (Å²) in [6, 6.07) is 7.32. The van der Waals surface area contributed by atoms with E-state index in [9.17, 15) is 5.11 Å². The molecule has 0 saturated heterocycles. The van der Waals surface area contributed by atoms with Gasteiger partial charge in [-0.1, -0.05) is 54.1 Å². The number of hydrogen-bond acceptors (Lipinski definition) is 2. The van der Waals surface area contributed by atoms with Crippen LogP contribution in [-0.2, 0) is 4.74 Å². The number of aliphatic hydroxyl groups is 1. The van der Waals surface area contributed by atoms with Crippen molar-refractivity contribution in [3.8, 4) is 0 Å². The maximum Gasteiger partial charge on any atom is 0.284 e. The molecular formula is C15H13ClO2. The SMILES string of the molecule is CO/C(O)=C(\C=C1C=CC=C1)c1ccccc1Cl. The molecule has 2 nitrogen and oxygen atoms in total. The van der Waals surface area contributed by atoms with Crippen molar-refractivity contribution >= 4 is 17.2 Å². The molecule has 0 aromatic heterocycles. The van der Waals surface area contributed by atoms with E-state index in [4.69, 9.17) is 16.3 Å². The number of ether oxygens (including phenoxy) is 1. The van der Waals surface area contributed by atoms with Crippen LogP contribution in [0.3, 0.4) is 0 Å². The highest BCUT2D eigenvalue weighted by Crippen LogP contribution is 2.28. The number of allylic oxidation sites excluding steroid dienone is 7. The van der Waals surface area contributed by atoms with Gasteiger partial charge in [-0.15, -0.1) is 0 Å². The average molecular weight is 261 g/mol. The third-order valence-corrected chi connectivity index (χ3v) is 2.92. The lowest BCUT2D eigenvalue weighted by molar-refractivity contribution is 0.139. The van der Waals surface area contributed by atoms with E-state index in [-0.39, 0.29) is 5.95 Å². The van der Waals surface area contributed by atoms with Crippen LogP contribution in [0.5, 0.6) is 0 Å². The van der Waals surface area contributed by atoms with Gasteiger partial charge in [0, 0.05) is 10.6 Å². The van der Waals surface area contributed by atoms with Gasteiger partial charge in [0.15, 0.2) is 0 Å². The van der Waals surface area contributed by atoms with Crippen molar-refractivity contribution in [2.45, 2.75) is 0 Å². The first kappa shape index (κ1) is 12.5. The first-order valence-electron chi connectivity index (χ1n) is 5.51. The van der Waals surface area contributed by atoms with E-state index < -0.39 is 0 Å². The van der Waals surface area contributed by atoms with Gasteiger partial charge in [-0.25, -0.2) is 0 Å². The Morgan fingerprint density at radius 1 is 1.22 bits per heavy atom. The highest BCUT2D eigenvalue weighted by atomic mass is 35.5. The van der Waals surface area contributed by atoms with Gasteiger partial charge in [-0.2, -0.15) is 0 Å². The summed E-state index contributed by atoms with van der Waals surface area (Å²) in [6.07, 6.45) is 9.58. The Morgan fingerprint density at radius 3 is 2.50 bits per heavy atom. The average Bonchev–Trinajstić information content (AvgIpc) is 2.89. The first-order valence-corrected chi connectivity index (χ1v) is 5.88. The van der Waals surface area contributed by atoms with Gasteiger partial charge in [-0.3, -0.25) is 0 Å². The first-order chi connectivity index (χ1) is 8.72. The van der Waals surface area contributed by atoms with Crippen molar-refractivity contribution in [3.05, 3.63) is 76.7 Å². The molecule has 1 aromatic rings. The van der Waals surface area contributed by atoms with Gasteiger partial charge in [0.1, 0.15) is 0 Å². The molecule has 2 rings (SSSR count). The molecule has 0 bridgehead atoms. The summed E-state index contributed by atoms with van der Waals surface area (Å²) < 4.78 is 4.92. The van der Waals surface area contributed by atoms with Crippen LogP contribution < -0.4 is 0 Å². The zero-order valence-electron chi connectivity index (χ0n) is 9.93. The van der Waals surface area contributed by atoms with Gasteiger partial charge >= 0.3 is 0 Å². The monoisotopic (exact) mass is 260 g/mol. The van der Waals surface area contributed by atoms with E-state index in [1.807, 2.05) is 48.6 Å². The van der Waals surface area contributed by atoms with Gasteiger partial charge in [0.2, 0.25) is 0 Å². The molecule has 0 fully saturated rings. The Balaban J connectivity index is 2.52. The number of methoxy groups -OCH3 is 1. The van der Waals surface area contributed by atoms with E-state index in [0.717, 1.165) is 11.1 Å². The summed E-state index contributed by atoms with van der Waals surface area (Å²) in [5.74, 6) is -0.149. The molecule has 0 spiro atoms. The third kappa shape index (κ3) is 2.66. The minimum atomic E-state index is -0.149. The Labute approximate surface area is 111 Å². The summed E-state index contributed by atoms with van der Waals surface area (Å²) >= 11 is 6.14. The smallest absolute Gasteiger partial charge is 0.284 e. The highest BCUT2D eigenvalue weighted by molar-refractivity contribution is 6.32. The van der Waals surface area contributed by atoms with Crippen LogP contribution in [0.4, 0.5) is 0 Å². The fraction of sp³-hybridized carbons (Fsp3) is 0.0667. The number of benzene rings is 1. The normalized spacial score (nSPS) is 14.7. The van der Waals surface area contributed by atoms with Crippen LogP contribution >= 0.6 is 11.6 Å². The molecule has 92 valence electrons. The van der Waals surface area contributed by atoms with Crippen molar-refractivity contribution in [2.75, 3.05) is 7.11 Å². The fourth-order valence-electron chi connectivity index (χ4n) is 1.70. The molecule has 0 aliphatic heterocycles. The predicted octanol–water partition coefficient (Wildman–Crippen LogP) is 4.27. The van der Waals surface area contributed by atoms with Crippen LogP contribution in [0.15, 0.2) is 66.2 Å². The Morgan fingerprint density at radius 2 is 1.89 bits per heavy atom. The van der Waals surface area contributed by atoms with Crippen molar-refractivity contribution in [1.82, 2.24) is 0 Å². The Hall–Kier alpha value is -1.93. The van der Waals surface area contributed by atoms with Crippen molar-refractivity contribution in [1.29, 1.82) is 0 Å². The second-order valence-electron chi connectivity index (χ2n) is 3.77. The molecule has 0 amide bonds. The van der Waals surface area contributed by atoms with Crippen molar-refractivity contribution < 1.29 is 9.84 Å². The molecular weight excluding hydrogens is 248 g/mol. The quantitative estimate of drug-likeness (QED) is 0.823. The molecule has 0 atom stereocenters. The van der Waals surface area contributed by atoms with Gasteiger partial charge in [0.05, 0.1) is 12.7 Å². The predicted molar refractivity (Wildman–Crippen MR) is 74.4 cm³/mol. The van der Waals surface area contributed by atoms with E-state index in [0.29, 0.717) is 10.6 Å². The third-order valence-electron chi connectivity index (χ3n) is 2.59. The van der Waals surface area contributed by atoms with Crippen molar-refractivity contribution in [3.63, 3.8) is 0 Å². The second kappa shape index (κ2) is 5.61. The Bertz CT molecular complexity index is 552. The summed E-state index contributed by atoms with van der Waals surface area (Å²) in [5.41, 5.74) is 2.28. The maximum absolute atomic E-state index is 9.86. The van der Waals surface area contributed by atoms with Crippen LogP contribution in [0.1, 0.15) is 5.56 Å². The molecule has 0 heterocycles. The lowest BCUT2D eigenvalue weighted by Crippen LogP contribution is -1.93. The topological polar surface area (TPSA) is 29.5 Å². The van der Waals surface area contributed by atoms with Gasteiger partial charge in [0.25, 0.3) is 5.95 Å². The molecule has 18 heavy (non-hydrogen) atoms. The van der Waals surface area contributed by atoms with Gasteiger partial charge < -0.3 is 9.84 Å². The minimum absolute atomic E-state index is 0.149. The second-order valence-corrected chi connectivity index (χ2v) is 4.17. The molecule has 1 aliphatic rings. The fourth-order valence-corrected chi connectivity index (χ4v) is 1.93. The number of halogens is 1. The lowest BCUT2D eigenvalue weighted by Gasteiger charge is -2.08. The summed E-state index contributed by atoms with van der Waals surface area (Å²) in [5, 5.41) is 10.4. The van der Waals surface area contributed by atoms with E-state index in [1.54, 1.807) is 6.07 Å². The number of rotatable bonds is 3. The van der Waals surface area contributed by atoms with Crippen LogP contribution in [0.2, 0.25) is 5.02 Å². The standard InChI is InChI=1S/C15H13ClO2/c1-18-15(17)13(10-11-6-2-3-7-11)12-8-4-5-9-14(12)16/h2-10,17H,1H3/b15-13+. The number of hydrogen-bond donors (Lipinski definition) is 1. The number of aliphatic hydroxyl groups excluding tert-OH is 1. The molecule has 1 aliphatic carbocycles. The molecule has 1 N–H and O–H groups in total.